The molecule has 1 aliphatic heterocycles. The third-order valence-corrected chi connectivity index (χ3v) is 12.3. The van der Waals surface area contributed by atoms with Crippen molar-refractivity contribution >= 4 is 41.6 Å². The van der Waals surface area contributed by atoms with Gasteiger partial charge in [0.15, 0.2) is 6.04 Å². The lowest BCUT2D eigenvalue weighted by Gasteiger charge is -2.31. The van der Waals surface area contributed by atoms with Crippen molar-refractivity contribution in [2.75, 3.05) is 13.6 Å². The van der Waals surface area contributed by atoms with Gasteiger partial charge in [0.1, 0.15) is 12.1 Å². The van der Waals surface area contributed by atoms with Crippen LogP contribution in [0.2, 0.25) is 25.7 Å². The number of allylic oxidation sites excluding steroid dienone is 3. The smallest absolute Gasteiger partial charge is 0.227 e. The highest BCUT2D eigenvalue weighted by molar-refractivity contribution is 6.76. The number of pyridine rings is 2. The van der Waals surface area contributed by atoms with Crippen LogP contribution in [0.3, 0.4) is 0 Å². The molecule has 2 aromatic carbocycles. The van der Waals surface area contributed by atoms with Crippen LogP contribution in [0.25, 0.3) is 33.3 Å². The Labute approximate surface area is 311 Å². The Morgan fingerprint density at radius 1 is 1.00 bits per heavy atom. The van der Waals surface area contributed by atoms with Crippen molar-refractivity contribution in [1.29, 1.82) is 0 Å². The standard InChI is InChI=1S/C46H55N4OSi/c1-11-14-15-20-39(47-7)44-33(21-23-36-34-18-16-17-19-35(34)41(12-2)50(42(36)13-3)27-28-52(8,9)10)22-24-37-38-25-26-40(49-46(38)51-45(37)44)43-30(4)29-31(5)48-32(43)6/h12-13,15-20,22,24-26,29,36,42H,2-3,11,14,21,23,27-28H2,1,4-10H3/q+1/b20-15-,47-39-. The average Bonchev–Trinajstić information content (AvgIpc) is 3.48. The van der Waals surface area contributed by atoms with E-state index in [-0.39, 0.29) is 12.0 Å². The Balaban J connectivity index is 1.46. The molecule has 4 heterocycles. The first-order valence-corrected chi connectivity index (χ1v) is 22.6. The fourth-order valence-electron chi connectivity index (χ4n) is 8.08. The Morgan fingerprint density at radius 2 is 1.77 bits per heavy atom. The number of hydrogen-bond donors (Lipinski definition) is 0. The van der Waals surface area contributed by atoms with Crippen molar-refractivity contribution in [2.24, 2.45) is 4.99 Å². The highest BCUT2D eigenvalue weighted by atomic mass is 28.3. The Bertz CT molecular complexity index is 2220. The summed E-state index contributed by atoms with van der Waals surface area (Å²) < 4.78 is 9.38. The SMILES string of the molecule is C=CC1=[N+](CC[Si](C)(C)C)C(C=C)C(CCc2ccc3c(oc4nc(-c5c(C)cc(C)nc5C)ccc43)c2C(/C=C\CCC)=N\C)c2ccccc21. The van der Waals surface area contributed by atoms with E-state index < -0.39 is 8.07 Å². The van der Waals surface area contributed by atoms with E-state index >= 15 is 0 Å². The minimum absolute atomic E-state index is 0.173. The van der Waals surface area contributed by atoms with Crippen molar-refractivity contribution in [3.63, 3.8) is 0 Å². The normalized spacial score (nSPS) is 16.7. The fourth-order valence-corrected chi connectivity index (χ4v) is 9.00. The van der Waals surface area contributed by atoms with Crippen molar-refractivity contribution in [1.82, 2.24) is 9.97 Å². The quantitative estimate of drug-likeness (QED) is 0.0530. The van der Waals surface area contributed by atoms with E-state index in [0.717, 1.165) is 88.1 Å². The molecule has 3 aromatic heterocycles. The van der Waals surface area contributed by atoms with Crippen LogP contribution in [0.4, 0.5) is 0 Å². The van der Waals surface area contributed by atoms with Gasteiger partial charge in [-0.05, 0) is 93.1 Å². The summed E-state index contributed by atoms with van der Waals surface area (Å²) in [5.74, 6) is 0.273. The van der Waals surface area contributed by atoms with Crippen LogP contribution in [0.1, 0.15) is 71.3 Å². The van der Waals surface area contributed by atoms with Crippen LogP contribution in [0.15, 0.2) is 101 Å². The topological polar surface area (TPSA) is 54.3 Å². The molecule has 6 heteroatoms. The second-order valence-electron chi connectivity index (χ2n) is 15.5. The zero-order chi connectivity index (χ0) is 37.2. The molecule has 6 rings (SSSR count). The number of rotatable bonds is 13. The van der Waals surface area contributed by atoms with Gasteiger partial charge < -0.3 is 4.42 Å². The van der Waals surface area contributed by atoms with Crippen LogP contribution in [-0.4, -0.2) is 53.7 Å². The van der Waals surface area contributed by atoms with Gasteiger partial charge in [-0.3, -0.25) is 9.98 Å². The van der Waals surface area contributed by atoms with E-state index in [2.05, 4.69) is 131 Å². The first-order chi connectivity index (χ1) is 25.0. The summed E-state index contributed by atoms with van der Waals surface area (Å²) in [6.45, 7) is 25.5. The van der Waals surface area contributed by atoms with Gasteiger partial charge in [-0.15, -0.1) is 0 Å². The van der Waals surface area contributed by atoms with Gasteiger partial charge in [-0.25, -0.2) is 9.56 Å². The lowest BCUT2D eigenvalue weighted by atomic mass is 9.79. The number of furan rings is 1. The molecule has 2 atom stereocenters. The van der Waals surface area contributed by atoms with Gasteiger partial charge in [-0.2, -0.15) is 0 Å². The number of aliphatic imine (C=N–C) groups is 1. The molecule has 0 radical (unpaired) electrons. The second kappa shape index (κ2) is 15.5. The Kier molecular flexibility index (Phi) is 11.1. The molecule has 268 valence electrons. The van der Waals surface area contributed by atoms with Crippen molar-refractivity contribution in [3.05, 3.63) is 131 Å². The highest BCUT2D eigenvalue weighted by Crippen LogP contribution is 2.39. The summed E-state index contributed by atoms with van der Waals surface area (Å²) in [4.78, 5) is 14.7. The molecule has 5 aromatic rings. The predicted octanol–water partition coefficient (Wildman–Crippen LogP) is 11.4. The highest BCUT2D eigenvalue weighted by Gasteiger charge is 2.39. The molecule has 0 spiro atoms. The fraction of sp³-hybridized carbons (Fsp3) is 0.348. The Hall–Kier alpha value is -4.68. The molecule has 0 saturated carbocycles. The maximum absolute atomic E-state index is 6.80. The van der Waals surface area contributed by atoms with Gasteiger partial charge in [0.2, 0.25) is 11.4 Å². The number of nitrogens with zero attached hydrogens (tertiary/aromatic N) is 4. The molecule has 0 N–H and O–H groups in total. The third-order valence-electron chi connectivity index (χ3n) is 10.6. The number of hydrogen-bond acceptors (Lipinski definition) is 4. The second-order valence-corrected chi connectivity index (χ2v) is 21.1. The van der Waals surface area contributed by atoms with Gasteiger partial charge in [0.25, 0.3) is 0 Å². The molecular weight excluding hydrogens is 653 g/mol. The molecule has 0 bridgehead atoms. The van der Waals surface area contributed by atoms with E-state index in [1.165, 1.54) is 28.4 Å². The molecule has 0 fully saturated rings. The number of fused-ring (bicyclic) bond motifs is 4. The molecule has 0 saturated heterocycles. The van der Waals surface area contributed by atoms with Crippen LogP contribution in [0.5, 0.6) is 0 Å². The maximum atomic E-state index is 6.80. The van der Waals surface area contributed by atoms with E-state index in [1.54, 1.807) is 0 Å². The van der Waals surface area contributed by atoms with Gasteiger partial charge in [0, 0.05) is 58.0 Å². The van der Waals surface area contributed by atoms with Crippen molar-refractivity contribution in [2.45, 2.75) is 91.0 Å². The number of benzene rings is 2. The molecule has 0 aliphatic carbocycles. The minimum atomic E-state index is -1.28. The van der Waals surface area contributed by atoms with Crippen molar-refractivity contribution < 1.29 is 8.99 Å². The van der Waals surface area contributed by atoms with Gasteiger partial charge >= 0.3 is 0 Å². The van der Waals surface area contributed by atoms with Gasteiger partial charge in [-0.1, -0.05) is 82.6 Å². The van der Waals surface area contributed by atoms with Crippen LogP contribution >= 0.6 is 0 Å². The van der Waals surface area contributed by atoms with Crippen molar-refractivity contribution in [3.8, 4) is 11.3 Å². The van der Waals surface area contributed by atoms with Gasteiger partial charge in [0.05, 0.1) is 25.4 Å². The van der Waals surface area contributed by atoms with E-state index in [1.807, 2.05) is 20.0 Å². The summed E-state index contributed by atoms with van der Waals surface area (Å²) in [5, 5.41) is 2.07. The minimum Gasteiger partial charge on any atom is -0.437 e. The number of aromatic nitrogens is 2. The van der Waals surface area contributed by atoms with E-state index in [4.69, 9.17) is 19.4 Å². The largest absolute Gasteiger partial charge is 0.437 e. The monoisotopic (exact) mass is 707 g/mol. The summed E-state index contributed by atoms with van der Waals surface area (Å²) in [6.07, 6.45) is 12.5. The van der Waals surface area contributed by atoms with E-state index in [0.29, 0.717) is 5.71 Å². The summed E-state index contributed by atoms with van der Waals surface area (Å²) in [7, 11) is 0.604. The molecule has 0 amide bonds. The van der Waals surface area contributed by atoms with Crippen LogP contribution < -0.4 is 0 Å². The third kappa shape index (κ3) is 7.31. The lowest BCUT2D eigenvalue weighted by molar-refractivity contribution is -0.556. The average molecular weight is 708 g/mol. The maximum Gasteiger partial charge on any atom is 0.227 e. The Morgan fingerprint density at radius 3 is 2.46 bits per heavy atom. The summed E-state index contributed by atoms with van der Waals surface area (Å²) in [6, 6.07) is 21.2. The lowest BCUT2D eigenvalue weighted by Crippen LogP contribution is -2.42. The summed E-state index contributed by atoms with van der Waals surface area (Å²) >= 11 is 0. The number of unbranched alkanes of at least 4 members (excludes halogenated alkanes) is 1. The zero-order valence-corrected chi connectivity index (χ0v) is 33.5. The first kappa shape index (κ1) is 37.1. The predicted molar refractivity (Wildman–Crippen MR) is 225 cm³/mol. The van der Waals surface area contributed by atoms with E-state index in [9.17, 15) is 0 Å². The zero-order valence-electron chi connectivity index (χ0n) is 32.5. The molecule has 2 unspecified atom stereocenters. The number of aryl methyl sites for hydroxylation is 4. The molecule has 52 heavy (non-hydrogen) atoms. The van der Waals surface area contributed by atoms with Crippen LogP contribution in [-0.2, 0) is 6.42 Å². The molecule has 5 nitrogen and oxygen atoms in total. The van der Waals surface area contributed by atoms with Crippen LogP contribution in [0, 0.1) is 20.8 Å². The molecule has 1 aliphatic rings. The summed E-state index contributed by atoms with van der Waals surface area (Å²) in [5.41, 5.74) is 13.7. The first-order valence-electron chi connectivity index (χ1n) is 18.9. The molecular formula is C46H55N4OSi+.